The number of nitrogens with one attached hydrogen (secondary N) is 1. The summed E-state index contributed by atoms with van der Waals surface area (Å²) in [6.45, 7) is 10.6. The van der Waals surface area contributed by atoms with Crippen LogP contribution in [0, 0.1) is 5.92 Å². The van der Waals surface area contributed by atoms with E-state index < -0.39 is 0 Å². The zero-order chi connectivity index (χ0) is 12.7. The fourth-order valence-electron chi connectivity index (χ4n) is 1.89. The Morgan fingerprint density at radius 1 is 1.41 bits per heavy atom. The molecular weight excluding hydrogens is 212 g/mol. The fraction of sp³-hybridized carbons (Fsp3) is 0.714. The van der Waals surface area contributed by atoms with Gasteiger partial charge in [-0.3, -0.25) is 4.90 Å². The molecule has 0 bridgehead atoms. The second-order valence-electron chi connectivity index (χ2n) is 4.86. The van der Waals surface area contributed by atoms with Crippen LogP contribution in [0.1, 0.15) is 38.5 Å². The molecule has 0 fully saturated rings. The smallest absolute Gasteiger partial charge is 0.122 e. The molecule has 0 aliphatic carbocycles. The van der Waals surface area contributed by atoms with Crippen LogP contribution in [0.15, 0.2) is 16.7 Å². The van der Waals surface area contributed by atoms with Gasteiger partial charge in [-0.15, -0.1) is 0 Å². The van der Waals surface area contributed by atoms with Crippen molar-refractivity contribution in [3.8, 4) is 0 Å². The van der Waals surface area contributed by atoms with Crippen LogP contribution in [0.25, 0.3) is 0 Å². The van der Waals surface area contributed by atoms with E-state index in [4.69, 9.17) is 4.42 Å². The van der Waals surface area contributed by atoms with Crippen LogP contribution >= 0.6 is 0 Å². The molecule has 0 aliphatic heterocycles. The molecule has 1 atom stereocenters. The summed E-state index contributed by atoms with van der Waals surface area (Å²) in [4.78, 5) is 2.34. The van der Waals surface area contributed by atoms with Gasteiger partial charge < -0.3 is 9.73 Å². The zero-order valence-corrected chi connectivity index (χ0v) is 11.6. The number of hydrogen-bond donors (Lipinski definition) is 1. The molecule has 1 aromatic heterocycles. The molecule has 3 heteroatoms. The average molecular weight is 238 g/mol. The number of furan rings is 1. The largest absolute Gasteiger partial charge is 0.468 e. The van der Waals surface area contributed by atoms with Crippen LogP contribution in [0.2, 0.25) is 0 Å². The SMILES string of the molecule is CCNCc1ccoc1CN(C)CC(C)CC. The Morgan fingerprint density at radius 2 is 2.18 bits per heavy atom. The quantitative estimate of drug-likeness (QED) is 0.755. The van der Waals surface area contributed by atoms with Crippen molar-refractivity contribution in [2.45, 2.75) is 40.3 Å². The van der Waals surface area contributed by atoms with Crippen molar-refractivity contribution in [2.24, 2.45) is 5.92 Å². The monoisotopic (exact) mass is 238 g/mol. The summed E-state index contributed by atoms with van der Waals surface area (Å²) in [5.74, 6) is 1.84. The van der Waals surface area contributed by atoms with Crippen LogP contribution in [0.3, 0.4) is 0 Å². The second-order valence-corrected chi connectivity index (χ2v) is 4.86. The Kier molecular flexibility index (Phi) is 6.30. The highest BCUT2D eigenvalue weighted by atomic mass is 16.3. The molecule has 0 amide bonds. The normalized spacial score (nSPS) is 13.2. The predicted octanol–water partition coefficient (Wildman–Crippen LogP) is 2.87. The van der Waals surface area contributed by atoms with E-state index in [0.717, 1.165) is 37.9 Å². The van der Waals surface area contributed by atoms with Gasteiger partial charge in [0.25, 0.3) is 0 Å². The van der Waals surface area contributed by atoms with Gasteiger partial charge >= 0.3 is 0 Å². The molecule has 0 aliphatic rings. The zero-order valence-electron chi connectivity index (χ0n) is 11.6. The summed E-state index contributed by atoms with van der Waals surface area (Å²) >= 11 is 0. The fourth-order valence-corrected chi connectivity index (χ4v) is 1.89. The highest BCUT2D eigenvalue weighted by Gasteiger charge is 2.10. The van der Waals surface area contributed by atoms with Crippen LogP contribution in [-0.4, -0.2) is 25.0 Å². The van der Waals surface area contributed by atoms with Gasteiger partial charge in [-0.2, -0.15) is 0 Å². The maximum absolute atomic E-state index is 5.57. The van der Waals surface area contributed by atoms with Gasteiger partial charge in [-0.25, -0.2) is 0 Å². The van der Waals surface area contributed by atoms with E-state index in [1.807, 2.05) is 0 Å². The molecule has 0 aromatic carbocycles. The highest BCUT2D eigenvalue weighted by molar-refractivity contribution is 5.16. The van der Waals surface area contributed by atoms with E-state index in [1.54, 1.807) is 6.26 Å². The lowest BCUT2D eigenvalue weighted by atomic mass is 10.1. The van der Waals surface area contributed by atoms with Gasteiger partial charge in [0.05, 0.1) is 12.8 Å². The Bertz CT molecular complexity index is 309. The first-order chi connectivity index (χ1) is 8.17. The van der Waals surface area contributed by atoms with Crippen molar-refractivity contribution >= 4 is 0 Å². The predicted molar refractivity (Wildman–Crippen MR) is 71.9 cm³/mol. The van der Waals surface area contributed by atoms with Gasteiger partial charge in [-0.05, 0) is 25.6 Å². The number of nitrogens with zero attached hydrogens (tertiary/aromatic N) is 1. The van der Waals surface area contributed by atoms with E-state index in [2.05, 4.69) is 44.1 Å². The highest BCUT2D eigenvalue weighted by Crippen LogP contribution is 2.14. The van der Waals surface area contributed by atoms with Crippen molar-refractivity contribution < 1.29 is 4.42 Å². The molecule has 3 nitrogen and oxygen atoms in total. The molecule has 1 N–H and O–H groups in total. The summed E-state index contributed by atoms with van der Waals surface area (Å²) < 4.78 is 5.57. The van der Waals surface area contributed by atoms with Gasteiger partial charge in [-0.1, -0.05) is 27.2 Å². The standard InChI is InChI=1S/C14H26N2O/c1-5-12(3)10-16(4)11-14-13(7-8-17-14)9-15-6-2/h7-8,12,15H,5-6,9-11H2,1-4H3. The molecule has 1 aromatic rings. The van der Waals surface area contributed by atoms with E-state index >= 15 is 0 Å². The van der Waals surface area contributed by atoms with Crippen molar-refractivity contribution in [3.05, 3.63) is 23.7 Å². The second kappa shape index (κ2) is 7.51. The third-order valence-corrected chi connectivity index (χ3v) is 3.14. The molecule has 1 heterocycles. The van der Waals surface area contributed by atoms with E-state index in [0.29, 0.717) is 0 Å². The molecule has 1 unspecified atom stereocenters. The van der Waals surface area contributed by atoms with E-state index in [1.165, 1.54) is 12.0 Å². The van der Waals surface area contributed by atoms with Gasteiger partial charge in [0.1, 0.15) is 5.76 Å². The summed E-state index contributed by atoms with van der Waals surface area (Å²) in [6.07, 6.45) is 3.02. The van der Waals surface area contributed by atoms with Crippen molar-refractivity contribution in [1.29, 1.82) is 0 Å². The first-order valence-electron chi connectivity index (χ1n) is 6.61. The molecule has 0 radical (unpaired) electrons. The number of hydrogen-bond acceptors (Lipinski definition) is 3. The summed E-state index contributed by atoms with van der Waals surface area (Å²) in [6, 6.07) is 2.06. The minimum atomic E-state index is 0.743. The lowest BCUT2D eigenvalue weighted by molar-refractivity contribution is 0.253. The third kappa shape index (κ3) is 4.92. The Labute approximate surface area is 105 Å². The maximum atomic E-state index is 5.57. The van der Waals surface area contributed by atoms with Crippen molar-refractivity contribution in [3.63, 3.8) is 0 Å². The lowest BCUT2D eigenvalue weighted by Crippen LogP contribution is -2.24. The van der Waals surface area contributed by atoms with Crippen molar-refractivity contribution in [2.75, 3.05) is 20.1 Å². The van der Waals surface area contributed by atoms with Crippen LogP contribution < -0.4 is 5.32 Å². The third-order valence-electron chi connectivity index (χ3n) is 3.14. The van der Waals surface area contributed by atoms with E-state index in [-0.39, 0.29) is 0 Å². The molecule has 1 rings (SSSR count). The van der Waals surface area contributed by atoms with Crippen LogP contribution in [0.4, 0.5) is 0 Å². The van der Waals surface area contributed by atoms with Gasteiger partial charge in [0.2, 0.25) is 0 Å². The first kappa shape index (κ1) is 14.3. The van der Waals surface area contributed by atoms with E-state index in [9.17, 15) is 0 Å². The van der Waals surface area contributed by atoms with Gasteiger partial charge in [0, 0.05) is 18.7 Å². The Hall–Kier alpha value is -0.800. The molecule has 17 heavy (non-hydrogen) atoms. The molecular formula is C14H26N2O. The summed E-state index contributed by atoms with van der Waals surface area (Å²) in [5.41, 5.74) is 1.28. The first-order valence-corrected chi connectivity index (χ1v) is 6.61. The Balaban J connectivity index is 2.47. The Morgan fingerprint density at radius 3 is 2.82 bits per heavy atom. The number of rotatable bonds is 8. The lowest BCUT2D eigenvalue weighted by Gasteiger charge is -2.19. The topological polar surface area (TPSA) is 28.4 Å². The molecule has 0 spiro atoms. The molecule has 98 valence electrons. The molecule has 0 saturated carbocycles. The summed E-state index contributed by atoms with van der Waals surface area (Å²) in [7, 11) is 2.16. The van der Waals surface area contributed by atoms with Crippen LogP contribution in [0.5, 0.6) is 0 Å². The summed E-state index contributed by atoms with van der Waals surface area (Å²) in [5, 5.41) is 3.34. The maximum Gasteiger partial charge on any atom is 0.122 e. The minimum Gasteiger partial charge on any atom is -0.468 e. The minimum absolute atomic E-state index is 0.743. The molecule has 0 saturated heterocycles. The van der Waals surface area contributed by atoms with Crippen LogP contribution in [-0.2, 0) is 13.1 Å². The van der Waals surface area contributed by atoms with Gasteiger partial charge in [0.15, 0.2) is 0 Å². The van der Waals surface area contributed by atoms with Crippen molar-refractivity contribution in [1.82, 2.24) is 10.2 Å². The average Bonchev–Trinajstić information content (AvgIpc) is 2.73.